The number of nitrogens with zero attached hydrogens (tertiary/aromatic N) is 3. The molecule has 0 aliphatic heterocycles. The molecule has 1 amide bonds. The lowest BCUT2D eigenvalue weighted by Gasteiger charge is -2.13. The fourth-order valence-corrected chi connectivity index (χ4v) is 3.12. The van der Waals surface area contributed by atoms with E-state index < -0.39 is 24.3 Å². The second kappa shape index (κ2) is 8.33. The maximum Gasteiger partial charge on any atom is 0.417 e. The topological polar surface area (TPSA) is 69.0 Å². The SMILES string of the molecule is CCc1ccc(-n2nc(C)c3c(C(F)(F)F)cc(OCC(=O)NC(C)C)nc32)cc1. The average molecular weight is 420 g/mol. The van der Waals surface area contributed by atoms with Gasteiger partial charge in [-0.25, -0.2) is 4.68 Å². The Morgan fingerprint density at radius 3 is 2.47 bits per heavy atom. The molecule has 0 unspecified atom stereocenters. The molecule has 0 saturated heterocycles. The molecule has 0 saturated carbocycles. The molecule has 30 heavy (non-hydrogen) atoms. The summed E-state index contributed by atoms with van der Waals surface area (Å²) >= 11 is 0. The van der Waals surface area contributed by atoms with Gasteiger partial charge in [0, 0.05) is 12.1 Å². The number of aromatic nitrogens is 3. The van der Waals surface area contributed by atoms with Crippen molar-refractivity contribution in [2.45, 2.75) is 46.3 Å². The van der Waals surface area contributed by atoms with Crippen LogP contribution in [0.1, 0.15) is 37.6 Å². The number of carbonyl (C=O) groups excluding carboxylic acids is 1. The van der Waals surface area contributed by atoms with Gasteiger partial charge in [0.25, 0.3) is 5.91 Å². The van der Waals surface area contributed by atoms with Crippen molar-refractivity contribution >= 4 is 16.9 Å². The Labute approximate surface area is 172 Å². The number of halogens is 3. The maximum atomic E-state index is 13.8. The van der Waals surface area contributed by atoms with Gasteiger partial charge in [0.05, 0.1) is 22.3 Å². The number of hydrogen-bond donors (Lipinski definition) is 1. The minimum Gasteiger partial charge on any atom is -0.467 e. The van der Waals surface area contributed by atoms with E-state index in [0.717, 1.165) is 18.1 Å². The maximum absolute atomic E-state index is 13.8. The van der Waals surface area contributed by atoms with Gasteiger partial charge < -0.3 is 10.1 Å². The number of benzene rings is 1. The molecule has 0 fully saturated rings. The predicted octanol–water partition coefficient (Wildman–Crippen LogP) is 4.21. The lowest BCUT2D eigenvalue weighted by atomic mass is 10.1. The molecule has 1 N–H and O–H groups in total. The highest BCUT2D eigenvalue weighted by molar-refractivity contribution is 5.85. The van der Waals surface area contributed by atoms with Gasteiger partial charge >= 0.3 is 6.18 Å². The van der Waals surface area contributed by atoms with E-state index in [9.17, 15) is 18.0 Å². The smallest absolute Gasteiger partial charge is 0.417 e. The lowest BCUT2D eigenvalue weighted by Crippen LogP contribution is -2.34. The number of amides is 1. The lowest BCUT2D eigenvalue weighted by molar-refractivity contribution is -0.136. The van der Waals surface area contributed by atoms with Crippen molar-refractivity contribution in [1.82, 2.24) is 20.1 Å². The van der Waals surface area contributed by atoms with Crippen molar-refractivity contribution in [2.75, 3.05) is 6.61 Å². The molecule has 2 aromatic heterocycles. The van der Waals surface area contributed by atoms with Crippen LogP contribution in [0.5, 0.6) is 5.88 Å². The monoisotopic (exact) mass is 420 g/mol. The number of ether oxygens (including phenoxy) is 1. The van der Waals surface area contributed by atoms with Gasteiger partial charge in [-0.3, -0.25) is 4.79 Å². The molecule has 0 radical (unpaired) electrons. The van der Waals surface area contributed by atoms with Crippen LogP contribution in [-0.2, 0) is 17.4 Å². The Kier molecular flexibility index (Phi) is 6.00. The summed E-state index contributed by atoms with van der Waals surface area (Å²) in [6, 6.07) is 8.03. The average Bonchev–Trinajstić information content (AvgIpc) is 3.01. The minimum absolute atomic E-state index is 0.0193. The molecule has 3 aromatic rings. The van der Waals surface area contributed by atoms with Crippen molar-refractivity contribution in [3.05, 3.63) is 47.2 Å². The van der Waals surface area contributed by atoms with Crippen LogP contribution >= 0.6 is 0 Å². The van der Waals surface area contributed by atoms with E-state index in [4.69, 9.17) is 4.74 Å². The third-order valence-electron chi connectivity index (χ3n) is 4.48. The molecule has 0 bridgehead atoms. The van der Waals surface area contributed by atoms with Crippen LogP contribution in [0.15, 0.2) is 30.3 Å². The number of rotatable bonds is 6. The predicted molar refractivity (Wildman–Crippen MR) is 107 cm³/mol. The van der Waals surface area contributed by atoms with Crippen molar-refractivity contribution < 1.29 is 22.7 Å². The molecule has 160 valence electrons. The summed E-state index contributed by atoms with van der Waals surface area (Å²) in [7, 11) is 0. The number of fused-ring (bicyclic) bond motifs is 1. The van der Waals surface area contributed by atoms with Crippen LogP contribution in [0.2, 0.25) is 0 Å². The third kappa shape index (κ3) is 4.55. The van der Waals surface area contributed by atoms with Crippen LogP contribution in [0, 0.1) is 6.92 Å². The number of alkyl halides is 3. The molecule has 1 aromatic carbocycles. The van der Waals surface area contributed by atoms with Gasteiger partial charge in [0.2, 0.25) is 5.88 Å². The zero-order valence-electron chi connectivity index (χ0n) is 17.2. The molecule has 0 atom stereocenters. The van der Waals surface area contributed by atoms with E-state index in [-0.39, 0.29) is 28.6 Å². The zero-order valence-corrected chi connectivity index (χ0v) is 17.2. The molecular weight excluding hydrogens is 397 g/mol. The van der Waals surface area contributed by atoms with Crippen LogP contribution in [0.25, 0.3) is 16.7 Å². The summed E-state index contributed by atoms with van der Waals surface area (Å²) in [5.41, 5.74) is 0.997. The molecule has 2 heterocycles. The molecule has 3 rings (SSSR count). The van der Waals surface area contributed by atoms with E-state index in [1.165, 1.54) is 11.6 Å². The molecule has 0 aliphatic carbocycles. The minimum atomic E-state index is -4.63. The number of aryl methyl sites for hydroxylation is 2. The van der Waals surface area contributed by atoms with Crippen molar-refractivity contribution in [3.8, 4) is 11.6 Å². The first-order valence-electron chi connectivity index (χ1n) is 9.59. The Balaban J connectivity index is 2.09. The molecular formula is C21H23F3N4O2. The summed E-state index contributed by atoms with van der Waals surface area (Å²) < 4.78 is 47.9. The summed E-state index contributed by atoms with van der Waals surface area (Å²) in [6.45, 7) is 6.63. The van der Waals surface area contributed by atoms with E-state index >= 15 is 0 Å². The highest BCUT2D eigenvalue weighted by Gasteiger charge is 2.36. The van der Waals surface area contributed by atoms with Gasteiger partial charge in [0.1, 0.15) is 0 Å². The number of hydrogen-bond acceptors (Lipinski definition) is 4. The fourth-order valence-electron chi connectivity index (χ4n) is 3.12. The number of pyridine rings is 1. The van der Waals surface area contributed by atoms with Gasteiger partial charge in [-0.15, -0.1) is 0 Å². The van der Waals surface area contributed by atoms with E-state index in [2.05, 4.69) is 15.4 Å². The summed E-state index contributed by atoms with van der Waals surface area (Å²) in [5, 5.41) is 6.80. The van der Waals surface area contributed by atoms with Crippen LogP contribution < -0.4 is 10.1 Å². The van der Waals surface area contributed by atoms with Gasteiger partial charge in [-0.2, -0.15) is 23.3 Å². The van der Waals surface area contributed by atoms with E-state index in [0.29, 0.717) is 5.69 Å². The van der Waals surface area contributed by atoms with Crippen LogP contribution in [0.3, 0.4) is 0 Å². The van der Waals surface area contributed by atoms with Crippen molar-refractivity contribution in [2.24, 2.45) is 0 Å². The first-order chi connectivity index (χ1) is 14.1. The third-order valence-corrected chi connectivity index (χ3v) is 4.48. The van der Waals surface area contributed by atoms with Crippen LogP contribution in [0.4, 0.5) is 13.2 Å². The van der Waals surface area contributed by atoms with Gasteiger partial charge in [0.15, 0.2) is 12.3 Å². The molecule has 0 aliphatic rings. The second-order valence-corrected chi connectivity index (χ2v) is 7.23. The molecule has 0 spiro atoms. The summed E-state index contributed by atoms with van der Waals surface area (Å²) in [5.74, 6) is -0.736. The highest BCUT2D eigenvalue weighted by atomic mass is 19.4. The number of carbonyl (C=O) groups is 1. The van der Waals surface area contributed by atoms with E-state index in [1.807, 2.05) is 19.1 Å². The summed E-state index contributed by atoms with van der Waals surface area (Å²) in [4.78, 5) is 16.1. The van der Waals surface area contributed by atoms with Crippen molar-refractivity contribution in [1.29, 1.82) is 0 Å². The zero-order chi connectivity index (χ0) is 22.1. The fraction of sp³-hybridized carbons (Fsp3) is 0.381. The van der Waals surface area contributed by atoms with E-state index in [1.54, 1.807) is 26.0 Å². The summed E-state index contributed by atoms with van der Waals surface area (Å²) in [6.07, 6.45) is -3.80. The van der Waals surface area contributed by atoms with Gasteiger partial charge in [-0.05, 0) is 44.9 Å². The quantitative estimate of drug-likeness (QED) is 0.649. The van der Waals surface area contributed by atoms with Crippen molar-refractivity contribution in [3.63, 3.8) is 0 Å². The highest BCUT2D eigenvalue weighted by Crippen LogP contribution is 2.38. The van der Waals surface area contributed by atoms with Gasteiger partial charge in [-0.1, -0.05) is 19.1 Å². The Morgan fingerprint density at radius 2 is 1.90 bits per heavy atom. The van der Waals surface area contributed by atoms with Crippen LogP contribution in [-0.4, -0.2) is 33.3 Å². The standard InChI is InChI=1S/C21H23F3N4O2/c1-5-14-6-8-15(9-7-14)28-20-19(13(4)27-28)16(21(22,23)24)10-18(26-20)30-11-17(29)25-12(2)3/h6-10,12H,5,11H2,1-4H3,(H,25,29). The molecule has 6 nitrogen and oxygen atoms in total. The second-order valence-electron chi connectivity index (χ2n) is 7.23. The Bertz CT molecular complexity index is 1060. The molecule has 9 heteroatoms. The largest absolute Gasteiger partial charge is 0.467 e. The first kappa shape index (κ1) is 21.6. The normalized spacial score (nSPS) is 11.9. The number of nitrogens with one attached hydrogen (secondary N) is 1. The Hall–Kier alpha value is -3.10. The Morgan fingerprint density at radius 1 is 1.23 bits per heavy atom. The first-order valence-corrected chi connectivity index (χ1v) is 9.59.